The van der Waals surface area contributed by atoms with E-state index < -0.39 is 15.9 Å². The van der Waals surface area contributed by atoms with Gasteiger partial charge in [0.05, 0.1) is 28.1 Å². The molecule has 6 nitrogen and oxygen atoms in total. The van der Waals surface area contributed by atoms with Gasteiger partial charge in [-0.15, -0.1) is 0 Å². The lowest BCUT2D eigenvalue weighted by Crippen LogP contribution is -2.37. The minimum absolute atomic E-state index is 0.0927. The third-order valence-electron chi connectivity index (χ3n) is 3.65. The van der Waals surface area contributed by atoms with Crippen molar-refractivity contribution in [1.29, 1.82) is 0 Å². The zero-order chi connectivity index (χ0) is 20.0. The van der Waals surface area contributed by atoms with E-state index in [4.69, 9.17) is 27.9 Å². The van der Waals surface area contributed by atoms with Gasteiger partial charge in [0.25, 0.3) is 0 Å². The average molecular weight is 431 g/mol. The van der Waals surface area contributed by atoms with E-state index >= 15 is 0 Å². The maximum Gasteiger partial charge on any atom is 0.243 e. The molecule has 0 aromatic heterocycles. The zero-order valence-electron chi connectivity index (χ0n) is 14.9. The number of nitrogens with zero attached hydrogens (tertiary/aromatic N) is 1. The molecule has 2 rings (SSSR count). The van der Waals surface area contributed by atoms with Crippen LogP contribution in [0.4, 0.5) is 5.69 Å². The Morgan fingerprint density at radius 2 is 1.74 bits per heavy atom. The lowest BCUT2D eigenvalue weighted by atomic mass is 10.3. The zero-order valence-corrected chi connectivity index (χ0v) is 17.2. The smallest absolute Gasteiger partial charge is 0.243 e. The normalized spacial score (nSPS) is 11.4. The Kier molecular flexibility index (Phi) is 7.49. The van der Waals surface area contributed by atoms with E-state index in [9.17, 15) is 13.2 Å². The lowest BCUT2D eigenvalue weighted by Gasteiger charge is -2.20. The molecule has 0 aliphatic carbocycles. The molecule has 0 radical (unpaired) electrons. The van der Waals surface area contributed by atoms with Crippen molar-refractivity contribution in [2.75, 3.05) is 25.0 Å². The molecule has 1 amide bonds. The molecule has 0 saturated heterocycles. The molecule has 0 bridgehead atoms. The molecular formula is C18H20Cl2N2O4S. The molecule has 146 valence electrons. The van der Waals surface area contributed by atoms with E-state index in [0.717, 1.165) is 4.31 Å². The summed E-state index contributed by atoms with van der Waals surface area (Å²) in [5, 5.41) is 3.28. The fourth-order valence-electron chi connectivity index (χ4n) is 2.32. The standard InChI is InChI=1S/C18H20Cl2N2O4S/c1-3-22(12-18(23)21-13-5-10-16(19)17(20)11-13)27(24,25)15-8-6-14(7-9-15)26-4-2/h5-11H,3-4,12H2,1-2H3,(H,21,23). The molecule has 0 saturated carbocycles. The maximum atomic E-state index is 12.8. The Hall–Kier alpha value is -1.80. The molecular weight excluding hydrogens is 411 g/mol. The second kappa shape index (κ2) is 9.41. The molecule has 0 heterocycles. The van der Waals surface area contributed by atoms with E-state index in [1.165, 1.54) is 18.2 Å². The van der Waals surface area contributed by atoms with Crippen molar-refractivity contribution in [1.82, 2.24) is 4.31 Å². The number of likely N-dealkylation sites (N-methyl/N-ethyl adjacent to an activating group) is 1. The summed E-state index contributed by atoms with van der Waals surface area (Å²) in [5.74, 6) is 0.0987. The number of carbonyl (C=O) groups is 1. The Morgan fingerprint density at radius 1 is 1.07 bits per heavy atom. The quantitative estimate of drug-likeness (QED) is 0.685. The molecule has 1 N–H and O–H groups in total. The number of sulfonamides is 1. The van der Waals surface area contributed by atoms with E-state index in [0.29, 0.717) is 28.1 Å². The molecule has 9 heteroatoms. The molecule has 2 aromatic rings. The Balaban J connectivity index is 2.11. The van der Waals surface area contributed by atoms with Gasteiger partial charge in [0.15, 0.2) is 0 Å². The number of carbonyl (C=O) groups excluding carboxylic acids is 1. The number of hydrogen-bond donors (Lipinski definition) is 1. The lowest BCUT2D eigenvalue weighted by molar-refractivity contribution is -0.116. The minimum Gasteiger partial charge on any atom is -0.494 e. The molecule has 0 spiro atoms. The van der Waals surface area contributed by atoms with Crippen LogP contribution in [0.15, 0.2) is 47.4 Å². The maximum absolute atomic E-state index is 12.8. The SMILES string of the molecule is CCOc1ccc(S(=O)(=O)N(CC)CC(=O)Nc2ccc(Cl)c(Cl)c2)cc1. The van der Waals surface area contributed by atoms with Gasteiger partial charge >= 0.3 is 0 Å². The fourth-order valence-corrected chi connectivity index (χ4v) is 4.03. The largest absolute Gasteiger partial charge is 0.494 e. The summed E-state index contributed by atoms with van der Waals surface area (Å²) in [6.07, 6.45) is 0. The molecule has 0 atom stereocenters. The number of ether oxygens (including phenoxy) is 1. The van der Waals surface area contributed by atoms with E-state index in [-0.39, 0.29) is 18.0 Å². The Labute approximate surface area is 169 Å². The highest BCUT2D eigenvalue weighted by atomic mass is 35.5. The highest BCUT2D eigenvalue weighted by Crippen LogP contribution is 2.25. The molecule has 2 aromatic carbocycles. The fraction of sp³-hybridized carbons (Fsp3) is 0.278. The number of rotatable bonds is 8. The van der Waals surface area contributed by atoms with Crippen LogP contribution in [0.2, 0.25) is 10.0 Å². The van der Waals surface area contributed by atoms with Crippen molar-refractivity contribution in [2.24, 2.45) is 0 Å². The van der Waals surface area contributed by atoms with Gasteiger partial charge < -0.3 is 10.1 Å². The van der Waals surface area contributed by atoms with Crippen LogP contribution in [0.3, 0.4) is 0 Å². The van der Waals surface area contributed by atoms with E-state index in [1.54, 1.807) is 31.2 Å². The predicted octanol–water partition coefficient (Wildman–Crippen LogP) is 4.04. The van der Waals surface area contributed by atoms with Crippen LogP contribution in [0.5, 0.6) is 5.75 Å². The first-order valence-corrected chi connectivity index (χ1v) is 10.5. The number of hydrogen-bond acceptors (Lipinski definition) is 4. The Morgan fingerprint density at radius 3 is 2.30 bits per heavy atom. The summed E-state index contributed by atoms with van der Waals surface area (Å²) in [6, 6.07) is 10.7. The average Bonchev–Trinajstić information content (AvgIpc) is 2.63. The number of anilines is 1. The topological polar surface area (TPSA) is 75.7 Å². The minimum atomic E-state index is -3.82. The first kappa shape index (κ1) is 21.5. The van der Waals surface area contributed by atoms with Crippen molar-refractivity contribution in [3.05, 3.63) is 52.5 Å². The van der Waals surface area contributed by atoms with Gasteiger partial charge in [0.2, 0.25) is 15.9 Å². The highest BCUT2D eigenvalue weighted by Gasteiger charge is 2.25. The second-order valence-corrected chi connectivity index (χ2v) is 8.27. The van der Waals surface area contributed by atoms with Gasteiger partial charge in [-0.2, -0.15) is 4.31 Å². The summed E-state index contributed by atoms with van der Waals surface area (Å²) in [4.78, 5) is 12.4. The predicted molar refractivity (Wildman–Crippen MR) is 107 cm³/mol. The van der Waals surface area contributed by atoms with Gasteiger partial charge in [-0.1, -0.05) is 30.1 Å². The van der Waals surface area contributed by atoms with E-state index in [2.05, 4.69) is 5.32 Å². The summed E-state index contributed by atoms with van der Waals surface area (Å²) >= 11 is 11.8. The van der Waals surface area contributed by atoms with E-state index in [1.807, 2.05) is 6.92 Å². The van der Waals surface area contributed by atoms with Gasteiger partial charge in [-0.3, -0.25) is 4.79 Å². The summed E-state index contributed by atoms with van der Waals surface area (Å²) < 4.78 is 32.0. The highest BCUT2D eigenvalue weighted by molar-refractivity contribution is 7.89. The van der Waals surface area contributed by atoms with Gasteiger partial charge in [-0.25, -0.2) is 8.42 Å². The first-order chi connectivity index (χ1) is 12.8. The van der Waals surface area contributed by atoms with Crippen LogP contribution in [0.1, 0.15) is 13.8 Å². The van der Waals surface area contributed by atoms with Crippen LogP contribution in [0, 0.1) is 0 Å². The Bertz CT molecular complexity index is 902. The first-order valence-electron chi connectivity index (χ1n) is 8.25. The van der Waals surface area contributed by atoms with Crippen molar-refractivity contribution < 1.29 is 17.9 Å². The molecule has 0 fully saturated rings. The number of benzene rings is 2. The van der Waals surface area contributed by atoms with Gasteiger partial charge in [0, 0.05) is 12.2 Å². The van der Waals surface area contributed by atoms with Crippen molar-refractivity contribution in [2.45, 2.75) is 18.7 Å². The number of halogens is 2. The van der Waals surface area contributed by atoms with Crippen molar-refractivity contribution >= 4 is 44.8 Å². The van der Waals surface area contributed by atoms with Gasteiger partial charge in [0.1, 0.15) is 5.75 Å². The van der Waals surface area contributed by atoms with Crippen molar-refractivity contribution in [3.8, 4) is 5.75 Å². The molecule has 0 unspecified atom stereocenters. The summed E-state index contributed by atoms with van der Waals surface area (Å²) in [6.45, 7) is 3.81. The van der Waals surface area contributed by atoms with Crippen LogP contribution in [0.25, 0.3) is 0 Å². The monoisotopic (exact) mass is 430 g/mol. The summed E-state index contributed by atoms with van der Waals surface area (Å²) in [5.41, 5.74) is 0.434. The third-order valence-corrected chi connectivity index (χ3v) is 6.32. The molecule has 0 aliphatic rings. The second-order valence-electron chi connectivity index (χ2n) is 5.51. The van der Waals surface area contributed by atoms with Crippen LogP contribution < -0.4 is 10.1 Å². The molecule has 27 heavy (non-hydrogen) atoms. The van der Waals surface area contributed by atoms with Crippen molar-refractivity contribution in [3.63, 3.8) is 0 Å². The van der Waals surface area contributed by atoms with Crippen LogP contribution in [-0.4, -0.2) is 38.3 Å². The molecule has 0 aliphatic heterocycles. The number of nitrogens with one attached hydrogen (secondary N) is 1. The third kappa shape index (κ3) is 5.59. The number of amides is 1. The van der Waals surface area contributed by atoms with Gasteiger partial charge in [-0.05, 0) is 49.4 Å². The van der Waals surface area contributed by atoms with Crippen LogP contribution in [-0.2, 0) is 14.8 Å². The summed E-state index contributed by atoms with van der Waals surface area (Å²) in [7, 11) is -3.82. The van der Waals surface area contributed by atoms with Crippen LogP contribution >= 0.6 is 23.2 Å².